The minimum atomic E-state index is -0.0532. The zero-order chi connectivity index (χ0) is 18.6. The van der Waals surface area contributed by atoms with Gasteiger partial charge in [-0.2, -0.15) is 0 Å². The summed E-state index contributed by atoms with van der Waals surface area (Å²) >= 11 is 0. The van der Waals surface area contributed by atoms with Gasteiger partial charge < -0.3 is 14.1 Å². The number of aldehydes is 1. The van der Waals surface area contributed by atoms with Gasteiger partial charge in [-0.25, -0.2) is 4.98 Å². The molecule has 1 amide bonds. The van der Waals surface area contributed by atoms with Crippen LogP contribution in [0.1, 0.15) is 35.0 Å². The smallest absolute Gasteiger partial charge is 0.260 e. The predicted molar refractivity (Wildman–Crippen MR) is 99.9 cm³/mol. The highest BCUT2D eigenvalue weighted by Crippen LogP contribution is 2.30. The molecule has 0 atom stereocenters. The molecule has 0 bridgehead atoms. The van der Waals surface area contributed by atoms with Crippen LogP contribution in [0.2, 0.25) is 0 Å². The van der Waals surface area contributed by atoms with Crippen LogP contribution in [-0.4, -0.2) is 41.8 Å². The summed E-state index contributed by atoms with van der Waals surface area (Å²) in [6.45, 7) is 1.27. The summed E-state index contributed by atoms with van der Waals surface area (Å²) in [6, 6.07) is 14.5. The monoisotopic (exact) mass is 364 g/mol. The summed E-state index contributed by atoms with van der Waals surface area (Å²) in [5, 5.41) is 0. The highest BCUT2D eigenvalue weighted by Gasteiger charge is 2.27. The summed E-state index contributed by atoms with van der Waals surface area (Å²) in [5.41, 5.74) is 2.20. The van der Waals surface area contributed by atoms with Crippen LogP contribution in [0.25, 0.3) is 11.1 Å². The number of rotatable bonds is 5. The van der Waals surface area contributed by atoms with Crippen LogP contribution >= 0.6 is 0 Å². The Morgan fingerprint density at radius 1 is 1.19 bits per heavy atom. The van der Waals surface area contributed by atoms with E-state index in [2.05, 4.69) is 4.98 Å². The number of para-hydroxylation sites is 2. The third-order valence-electron chi connectivity index (χ3n) is 4.86. The fraction of sp³-hybridized carbons (Fsp3) is 0.286. The van der Waals surface area contributed by atoms with E-state index in [1.165, 1.54) is 0 Å². The van der Waals surface area contributed by atoms with E-state index in [1.54, 1.807) is 24.3 Å². The molecule has 2 aromatic carbocycles. The van der Waals surface area contributed by atoms with Crippen LogP contribution in [0.5, 0.6) is 5.75 Å². The van der Waals surface area contributed by atoms with E-state index in [9.17, 15) is 9.59 Å². The maximum atomic E-state index is 12.4. The van der Waals surface area contributed by atoms with Crippen LogP contribution in [0, 0.1) is 0 Å². The first-order valence-electron chi connectivity index (χ1n) is 9.04. The molecule has 0 spiro atoms. The quantitative estimate of drug-likeness (QED) is 0.649. The number of ether oxygens (including phenoxy) is 1. The highest BCUT2D eigenvalue weighted by molar-refractivity contribution is 5.78. The number of likely N-dealkylation sites (tertiary alicyclic amines) is 1. The molecular weight excluding hydrogens is 344 g/mol. The van der Waals surface area contributed by atoms with Crippen molar-refractivity contribution in [2.45, 2.75) is 18.8 Å². The summed E-state index contributed by atoms with van der Waals surface area (Å²) in [5.74, 6) is 1.45. The van der Waals surface area contributed by atoms with Gasteiger partial charge in [-0.05, 0) is 37.1 Å². The molecule has 2 heterocycles. The molecule has 4 rings (SSSR count). The van der Waals surface area contributed by atoms with Gasteiger partial charge >= 0.3 is 0 Å². The lowest BCUT2D eigenvalue weighted by molar-refractivity contribution is -0.134. The van der Waals surface area contributed by atoms with Crippen molar-refractivity contribution in [1.29, 1.82) is 0 Å². The Morgan fingerprint density at radius 3 is 2.78 bits per heavy atom. The number of hydrogen-bond donors (Lipinski definition) is 0. The molecular formula is C21H20N2O4. The number of benzene rings is 2. The maximum Gasteiger partial charge on any atom is 0.260 e. The van der Waals surface area contributed by atoms with Crippen LogP contribution in [0.15, 0.2) is 52.9 Å². The van der Waals surface area contributed by atoms with Crippen molar-refractivity contribution in [3.63, 3.8) is 0 Å². The minimum absolute atomic E-state index is 0.0319. The number of carbonyl (C=O) groups excluding carboxylic acids is 2. The van der Waals surface area contributed by atoms with Crippen molar-refractivity contribution in [2.75, 3.05) is 19.7 Å². The second-order valence-electron chi connectivity index (χ2n) is 6.65. The average molecular weight is 364 g/mol. The minimum Gasteiger partial charge on any atom is -0.484 e. The molecule has 1 aliphatic rings. The summed E-state index contributed by atoms with van der Waals surface area (Å²) < 4.78 is 11.4. The van der Waals surface area contributed by atoms with Crippen molar-refractivity contribution >= 4 is 23.3 Å². The number of nitrogens with zero attached hydrogens (tertiary/aromatic N) is 2. The Kier molecular flexibility index (Phi) is 4.87. The first-order valence-corrected chi connectivity index (χ1v) is 9.04. The van der Waals surface area contributed by atoms with Gasteiger partial charge in [-0.15, -0.1) is 0 Å². The number of carbonyl (C=O) groups is 2. The zero-order valence-electron chi connectivity index (χ0n) is 14.8. The number of piperidine rings is 1. The fourth-order valence-corrected chi connectivity index (χ4v) is 3.35. The SMILES string of the molecule is O=Cc1cccc(OCC(=O)N2CCC(c3nc4ccccc4o3)CC2)c1. The van der Waals surface area contributed by atoms with Gasteiger partial charge in [-0.3, -0.25) is 9.59 Å². The molecule has 0 radical (unpaired) electrons. The van der Waals surface area contributed by atoms with Gasteiger partial charge in [0.25, 0.3) is 5.91 Å². The molecule has 1 aliphatic heterocycles. The van der Waals surface area contributed by atoms with E-state index in [4.69, 9.17) is 9.15 Å². The molecule has 0 aliphatic carbocycles. The third-order valence-corrected chi connectivity index (χ3v) is 4.86. The maximum absolute atomic E-state index is 12.4. The molecule has 6 nitrogen and oxygen atoms in total. The Morgan fingerprint density at radius 2 is 2.00 bits per heavy atom. The standard InChI is InChI=1S/C21H20N2O4/c24-13-15-4-3-5-17(12-15)26-14-20(25)23-10-8-16(9-11-23)21-22-18-6-1-2-7-19(18)27-21/h1-7,12-13,16H,8-11,14H2. The average Bonchev–Trinajstić information content (AvgIpc) is 3.16. The Balaban J connectivity index is 1.31. The zero-order valence-corrected chi connectivity index (χ0v) is 14.8. The van der Waals surface area contributed by atoms with Crippen LogP contribution in [0.3, 0.4) is 0 Å². The van der Waals surface area contributed by atoms with Crippen molar-refractivity contribution in [3.05, 3.63) is 60.0 Å². The van der Waals surface area contributed by atoms with Gasteiger partial charge in [-0.1, -0.05) is 24.3 Å². The van der Waals surface area contributed by atoms with Crippen molar-refractivity contribution in [2.24, 2.45) is 0 Å². The molecule has 6 heteroatoms. The molecule has 1 saturated heterocycles. The van der Waals surface area contributed by atoms with Crippen LogP contribution < -0.4 is 4.74 Å². The third kappa shape index (κ3) is 3.84. The number of aromatic nitrogens is 1. The predicted octanol–water partition coefficient (Wildman–Crippen LogP) is 3.43. The largest absolute Gasteiger partial charge is 0.484 e. The van der Waals surface area contributed by atoms with Crippen LogP contribution in [-0.2, 0) is 4.79 Å². The summed E-state index contributed by atoms with van der Waals surface area (Å²) in [6.07, 6.45) is 2.39. The molecule has 0 saturated carbocycles. The second-order valence-corrected chi connectivity index (χ2v) is 6.65. The Hall–Kier alpha value is -3.15. The molecule has 1 fully saturated rings. The highest BCUT2D eigenvalue weighted by atomic mass is 16.5. The van der Waals surface area contributed by atoms with Gasteiger partial charge in [0.05, 0.1) is 0 Å². The second kappa shape index (κ2) is 7.61. The van der Waals surface area contributed by atoms with E-state index in [0.717, 1.165) is 36.1 Å². The van der Waals surface area contributed by atoms with E-state index in [1.807, 2.05) is 29.2 Å². The van der Waals surface area contributed by atoms with Gasteiger partial charge in [0.2, 0.25) is 0 Å². The van der Waals surface area contributed by atoms with E-state index >= 15 is 0 Å². The first-order chi connectivity index (χ1) is 13.2. The normalized spacial score (nSPS) is 15.0. The van der Waals surface area contributed by atoms with E-state index in [-0.39, 0.29) is 18.4 Å². The lowest BCUT2D eigenvalue weighted by Gasteiger charge is -2.30. The first kappa shape index (κ1) is 17.3. The topological polar surface area (TPSA) is 72.6 Å². The van der Waals surface area contributed by atoms with E-state index < -0.39 is 0 Å². The Labute approximate surface area is 156 Å². The number of hydrogen-bond acceptors (Lipinski definition) is 5. The van der Waals surface area contributed by atoms with Crippen molar-refractivity contribution < 1.29 is 18.7 Å². The summed E-state index contributed by atoms with van der Waals surface area (Å²) in [7, 11) is 0. The van der Waals surface area contributed by atoms with Gasteiger partial charge in [0.15, 0.2) is 18.1 Å². The number of fused-ring (bicyclic) bond motifs is 1. The molecule has 3 aromatic rings. The van der Waals surface area contributed by atoms with Gasteiger partial charge in [0, 0.05) is 24.6 Å². The molecule has 1 aromatic heterocycles. The molecule has 138 valence electrons. The number of oxazole rings is 1. The lowest BCUT2D eigenvalue weighted by Crippen LogP contribution is -2.40. The van der Waals surface area contributed by atoms with Crippen molar-refractivity contribution in [1.82, 2.24) is 9.88 Å². The van der Waals surface area contributed by atoms with E-state index in [0.29, 0.717) is 24.4 Å². The molecule has 0 N–H and O–H groups in total. The van der Waals surface area contributed by atoms with Gasteiger partial charge in [0.1, 0.15) is 17.6 Å². The fourth-order valence-electron chi connectivity index (χ4n) is 3.35. The number of amides is 1. The molecule has 27 heavy (non-hydrogen) atoms. The lowest BCUT2D eigenvalue weighted by atomic mass is 9.97. The molecule has 0 unspecified atom stereocenters. The summed E-state index contributed by atoms with van der Waals surface area (Å²) in [4.78, 5) is 29.6. The van der Waals surface area contributed by atoms with Crippen LogP contribution in [0.4, 0.5) is 0 Å². The Bertz CT molecular complexity index is 924. The van der Waals surface area contributed by atoms with Crippen molar-refractivity contribution in [3.8, 4) is 5.75 Å².